The Hall–Kier alpha value is -1.63. The normalized spacial score (nSPS) is 11.9. The van der Waals surface area contributed by atoms with Crippen molar-refractivity contribution in [3.05, 3.63) is 60.8 Å². The van der Waals surface area contributed by atoms with E-state index in [4.69, 9.17) is 0 Å². The second-order valence-electron chi connectivity index (χ2n) is 2.97. The van der Waals surface area contributed by atoms with Gasteiger partial charge in [0, 0.05) is 18.3 Å². The molecule has 0 aliphatic heterocycles. The van der Waals surface area contributed by atoms with Gasteiger partial charge < -0.3 is 0 Å². The Morgan fingerprint density at radius 2 is 2.07 bits per heavy atom. The van der Waals surface area contributed by atoms with E-state index in [1.807, 2.05) is 37.3 Å². The van der Waals surface area contributed by atoms with Crippen LogP contribution in [0.3, 0.4) is 0 Å². The van der Waals surface area contributed by atoms with Crippen LogP contribution in [-0.4, -0.2) is 5.71 Å². The summed E-state index contributed by atoms with van der Waals surface area (Å²) in [6.07, 6.45) is 6.44. The maximum atomic E-state index is 4.20. The van der Waals surface area contributed by atoms with E-state index in [-0.39, 0.29) is 0 Å². The minimum Gasteiger partial charge on any atom is -0.262 e. The van der Waals surface area contributed by atoms with Crippen LogP contribution in [0.1, 0.15) is 12.5 Å². The largest absolute Gasteiger partial charge is 0.262 e. The van der Waals surface area contributed by atoms with Gasteiger partial charge in [0.25, 0.3) is 0 Å². The molecule has 1 nitrogen and oxygen atoms in total. The van der Waals surface area contributed by atoms with Gasteiger partial charge in [-0.2, -0.15) is 0 Å². The van der Waals surface area contributed by atoms with Crippen LogP contribution < -0.4 is 0 Å². The molecular weight excluding hydrogens is 170 g/mol. The molecule has 0 unspecified atom stereocenters. The molecule has 0 amide bonds. The highest BCUT2D eigenvalue weighted by molar-refractivity contribution is 5.96. The van der Waals surface area contributed by atoms with E-state index < -0.39 is 0 Å². The standard InChI is InChI=1S/C13H15N/c1-3-8-13(14-4-2)11-12-9-6-5-7-10-12/h3-10H,2,11H2,1H3/b8-3-,14-13?. The van der Waals surface area contributed by atoms with Crippen molar-refractivity contribution in [2.75, 3.05) is 0 Å². The minimum absolute atomic E-state index is 0.858. The quantitative estimate of drug-likeness (QED) is 0.637. The molecule has 0 atom stereocenters. The predicted molar refractivity (Wildman–Crippen MR) is 62.6 cm³/mol. The van der Waals surface area contributed by atoms with Gasteiger partial charge in [-0.05, 0) is 18.6 Å². The summed E-state index contributed by atoms with van der Waals surface area (Å²) in [5.74, 6) is 0. The summed E-state index contributed by atoms with van der Waals surface area (Å²) in [5.41, 5.74) is 2.31. The van der Waals surface area contributed by atoms with Crippen LogP contribution in [0.4, 0.5) is 0 Å². The van der Waals surface area contributed by atoms with Crippen LogP contribution in [-0.2, 0) is 6.42 Å². The van der Waals surface area contributed by atoms with Crippen LogP contribution in [0.15, 0.2) is 60.3 Å². The minimum atomic E-state index is 0.858. The zero-order valence-corrected chi connectivity index (χ0v) is 8.48. The fraction of sp³-hybridized carbons (Fsp3) is 0.154. The molecule has 0 aliphatic carbocycles. The third-order valence-electron chi connectivity index (χ3n) is 1.84. The van der Waals surface area contributed by atoms with Crippen LogP contribution in [0, 0.1) is 0 Å². The third kappa shape index (κ3) is 3.40. The van der Waals surface area contributed by atoms with Crippen LogP contribution in [0.2, 0.25) is 0 Å². The average molecular weight is 185 g/mol. The lowest BCUT2D eigenvalue weighted by atomic mass is 10.1. The van der Waals surface area contributed by atoms with Gasteiger partial charge in [0.2, 0.25) is 0 Å². The first-order chi connectivity index (χ1) is 6.86. The number of allylic oxidation sites excluding steroid dienone is 2. The van der Waals surface area contributed by atoms with Crippen molar-refractivity contribution in [3.63, 3.8) is 0 Å². The molecule has 1 aromatic carbocycles. The highest BCUT2D eigenvalue weighted by Gasteiger charge is 1.95. The number of rotatable bonds is 4. The Kier molecular flexibility index (Phi) is 4.42. The number of aliphatic imine (C=N–C) groups is 1. The SMILES string of the molecule is C=CN=C(/C=C\C)Cc1ccccc1. The smallest absolute Gasteiger partial charge is 0.0443 e. The molecule has 1 rings (SSSR count). The van der Waals surface area contributed by atoms with Gasteiger partial charge in [-0.15, -0.1) is 0 Å². The molecule has 72 valence electrons. The second-order valence-corrected chi connectivity index (χ2v) is 2.97. The lowest BCUT2D eigenvalue weighted by Crippen LogP contribution is -1.98. The first kappa shape index (κ1) is 10.5. The Balaban J connectivity index is 2.75. The molecule has 0 spiro atoms. The number of hydrogen-bond donors (Lipinski definition) is 0. The highest BCUT2D eigenvalue weighted by atomic mass is 14.7. The van der Waals surface area contributed by atoms with Gasteiger partial charge in [-0.3, -0.25) is 4.99 Å². The zero-order chi connectivity index (χ0) is 10.2. The van der Waals surface area contributed by atoms with E-state index >= 15 is 0 Å². The number of benzene rings is 1. The van der Waals surface area contributed by atoms with E-state index in [1.54, 1.807) is 6.20 Å². The maximum absolute atomic E-state index is 4.20. The Labute approximate surface area is 85.5 Å². The fourth-order valence-corrected chi connectivity index (χ4v) is 1.26. The van der Waals surface area contributed by atoms with Crippen molar-refractivity contribution in [1.29, 1.82) is 0 Å². The van der Waals surface area contributed by atoms with Crippen molar-refractivity contribution in [2.45, 2.75) is 13.3 Å². The molecule has 0 N–H and O–H groups in total. The number of nitrogens with zero attached hydrogens (tertiary/aromatic N) is 1. The molecule has 1 aromatic rings. The van der Waals surface area contributed by atoms with Crippen LogP contribution in [0.25, 0.3) is 0 Å². The Morgan fingerprint density at radius 3 is 2.64 bits per heavy atom. The summed E-state index contributed by atoms with van der Waals surface area (Å²) in [6.45, 7) is 5.59. The van der Waals surface area contributed by atoms with Crippen LogP contribution in [0.5, 0.6) is 0 Å². The van der Waals surface area contributed by atoms with Gasteiger partial charge >= 0.3 is 0 Å². The Morgan fingerprint density at radius 1 is 1.36 bits per heavy atom. The van der Waals surface area contributed by atoms with Gasteiger partial charge in [0.05, 0.1) is 0 Å². The summed E-state index contributed by atoms with van der Waals surface area (Å²) in [6, 6.07) is 10.3. The molecule has 0 bridgehead atoms. The molecule has 0 radical (unpaired) electrons. The number of hydrogen-bond acceptors (Lipinski definition) is 1. The highest BCUT2D eigenvalue weighted by Crippen LogP contribution is 2.02. The predicted octanol–water partition coefficient (Wildman–Crippen LogP) is 3.39. The van der Waals surface area contributed by atoms with E-state index in [1.165, 1.54) is 5.56 Å². The molecule has 0 saturated carbocycles. The summed E-state index contributed by atoms with van der Waals surface area (Å²) < 4.78 is 0. The third-order valence-corrected chi connectivity index (χ3v) is 1.84. The Bertz CT molecular complexity index is 334. The first-order valence-corrected chi connectivity index (χ1v) is 4.71. The topological polar surface area (TPSA) is 12.4 Å². The molecule has 0 saturated heterocycles. The molecule has 0 aromatic heterocycles. The molecule has 1 heteroatoms. The first-order valence-electron chi connectivity index (χ1n) is 4.71. The molecule has 14 heavy (non-hydrogen) atoms. The summed E-state index contributed by atoms with van der Waals surface area (Å²) >= 11 is 0. The lowest BCUT2D eigenvalue weighted by Gasteiger charge is -2.00. The summed E-state index contributed by atoms with van der Waals surface area (Å²) in [5, 5.41) is 0. The van der Waals surface area contributed by atoms with E-state index in [0.29, 0.717) is 0 Å². The van der Waals surface area contributed by atoms with Gasteiger partial charge in [-0.25, -0.2) is 0 Å². The molecule has 0 fully saturated rings. The lowest BCUT2D eigenvalue weighted by molar-refractivity contribution is 1.31. The zero-order valence-electron chi connectivity index (χ0n) is 8.48. The fourth-order valence-electron chi connectivity index (χ4n) is 1.26. The molecule has 0 heterocycles. The maximum Gasteiger partial charge on any atom is 0.0443 e. The van der Waals surface area contributed by atoms with Crippen molar-refractivity contribution in [3.8, 4) is 0 Å². The van der Waals surface area contributed by atoms with E-state index in [9.17, 15) is 0 Å². The second kappa shape index (κ2) is 5.92. The van der Waals surface area contributed by atoms with E-state index in [0.717, 1.165) is 12.1 Å². The van der Waals surface area contributed by atoms with Gasteiger partial charge in [0.15, 0.2) is 0 Å². The van der Waals surface area contributed by atoms with Crippen LogP contribution >= 0.6 is 0 Å². The van der Waals surface area contributed by atoms with Crippen molar-refractivity contribution in [1.82, 2.24) is 0 Å². The average Bonchev–Trinajstić information content (AvgIpc) is 2.20. The van der Waals surface area contributed by atoms with Crippen molar-refractivity contribution >= 4 is 5.71 Å². The van der Waals surface area contributed by atoms with Crippen molar-refractivity contribution in [2.24, 2.45) is 4.99 Å². The van der Waals surface area contributed by atoms with Gasteiger partial charge in [0.1, 0.15) is 0 Å². The van der Waals surface area contributed by atoms with E-state index in [2.05, 4.69) is 23.7 Å². The molecular formula is C13H15N. The summed E-state index contributed by atoms with van der Waals surface area (Å²) in [4.78, 5) is 4.20. The molecule has 0 aliphatic rings. The summed E-state index contributed by atoms with van der Waals surface area (Å²) in [7, 11) is 0. The van der Waals surface area contributed by atoms with Gasteiger partial charge in [-0.1, -0.05) is 43.0 Å². The monoisotopic (exact) mass is 185 g/mol. The van der Waals surface area contributed by atoms with Crippen molar-refractivity contribution < 1.29 is 0 Å².